The van der Waals surface area contributed by atoms with Gasteiger partial charge in [-0.15, -0.1) is 0 Å². The quantitative estimate of drug-likeness (QED) is 0.893. The number of hydrogen-bond donors (Lipinski definition) is 1. The van der Waals surface area contributed by atoms with Gasteiger partial charge in [0, 0.05) is 19.6 Å². The number of aromatic carboxylic acids is 1. The largest absolute Gasteiger partial charge is 0.478 e. The van der Waals surface area contributed by atoms with Crippen LogP contribution in [0.4, 0.5) is 0 Å². The summed E-state index contributed by atoms with van der Waals surface area (Å²) >= 11 is 0. The second-order valence-electron chi connectivity index (χ2n) is 5.65. The van der Waals surface area contributed by atoms with Gasteiger partial charge in [0.25, 0.3) is 0 Å². The zero-order chi connectivity index (χ0) is 13.1. The Morgan fingerprint density at radius 1 is 1.33 bits per heavy atom. The molecule has 3 nitrogen and oxygen atoms in total. The lowest BCUT2D eigenvalue weighted by Crippen LogP contribution is -2.38. The van der Waals surface area contributed by atoms with Crippen LogP contribution in [0.25, 0.3) is 0 Å². The standard InChI is InChI=1S/C15H21NO2/c1-11-6-12(2)9-16(8-11)10-13-4-3-5-14(7-13)15(17)18/h3-5,7,11-12H,6,8-10H2,1-2H3,(H,17,18). The molecule has 18 heavy (non-hydrogen) atoms. The molecule has 2 rings (SSSR count). The second-order valence-corrected chi connectivity index (χ2v) is 5.65. The van der Waals surface area contributed by atoms with E-state index in [4.69, 9.17) is 5.11 Å². The van der Waals surface area contributed by atoms with Crippen molar-refractivity contribution in [2.45, 2.75) is 26.8 Å². The Balaban J connectivity index is 2.04. The maximum Gasteiger partial charge on any atom is 0.335 e. The van der Waals surface area contributed by atoms with Gasteiger partial charge in [0.1, 0.15) is 0 Å². The number of likely N-dealkylation sites (tertiary alicyclic amines) is 1. The Morgan fingerprint density at radius 2 is 2.00 bits per heavy atom. The molecule has 0 bridgehead atoms. The van der Waals surface area contributed by atoms with E-state index in [1.54, 1.807) is 12.1 Å². The van der Waals surface area contributed by atoms with E-state index >= 15 is 0 Å². The monoisotopic (exact) mass is 247 g/mol. The third-order valence-electron chi connectivity index (χ3n) is 3.52. The van der Waals surface area contributed by atoms with E-state index < -0.39 is 5.97 Å². The normalized spacial score (nSPS) is 25.0. The van der Waals surface area contributed by atoms with E-state index in [9.17, 15) is 4.79 Å². The topological polar surface area (TPSA) is 40.5 Å². The van der Waals surface area contributed by atoms with Crippen molar-refractivity contribution in [2.75, 3.05) is 13.1 Å². The summed E-state index contributed by atoms with van der Waals surface area (Å²) in [6.07, 6.45) is 1.30. The lowest BCUT2D eigenvalue weighted by molar-refractivity contribution is 0.0696. The van der Waals surface area contributed by atoms with Gasteiger partial charge < -0.3 is 5.11 Å². The van der Waals surface area contributed by atoms with E-state index in [-0.39, 0.29) is 0 Å². The molecule has 1 aromatic carbocycles. The number of hydrogen-bond acceptors (Lipinski definition) is 2. The summed E-state index contributed by atoms with van der Waals surface area (Å²) in [6.45, 7) is 7.66. The number of benzene rings is 1. The highest BCUT2D eigenvalue weighted by molar-refractivity contribution is 5.87. The summed E-state index contributed by atoms with van der Waals surface area (Å²) in [6, 6.07) is 7.27. The zero-order valence-corrected chi connectivity index (χ0v) is 11.1. The van der Waals surface area contributed by atoms with Crippen LogP contribution in [0.3, 0.4) is 0 Å². The van der Waals surface area contributed by atoms with Gasteiger partial charge in [-0.3, -0.25) is 4.90 Å². The minimum atomic E-state index is -0.850. The highest BCUT2D eigenvalue weighted by Crippen LogP contribution is 2.22. The first kappa shape index (κ1) is 13.1. The van der Waals surface area contributed by atoms with Gasteiger partial charge in [0.15, 0.2) is 0 Å². The molecular formula is C15H21NO2. The summed E-state index contributed by atoms with van der Waals surface area (Å²) < 4.78 is 0. The van der Waals surface area contributed by atoms with Gasteiger partial charge in [0.05, 0.1) is 5.56 Å². The minimum absolute atomic E-state index is 0.380. The molecule has 2 unspecified atom stereocenters. The summed E-state index contributed by atoms with van der Waals surface area (Å²) in [5.41, 5.74) is 1.47. The van der Waals surface area contributed by atoms with Crippen LogP contribution in [0, 0.1) is 11.8 Å². The van der Waals surface area contributed by atoms with Gasteiger partial charge >= 0.3 is 5.97 Å². The minimum Gasteiger partial charge on any atom is -0.478 e. The third kappa shape index (κ3) is 3.33. The van der Waals surface area contributed by atoms with Crippen LogP contribution in [0.2, 0.25) is 0 Å². The summed E-state index contributed by atoms with van der Waals surface area (Å²) in [7, 11) is 0. The van der Waals surface area contributed by atoms with Crippen molar-refractivity contribution in [3.8, 4) is 0 Å². The van der Waals surface area contributed by atoms with Gasteiger partial charge in [-0.05, 0) is 36.0 Å². The summed E-state index contributed by atoms with van der Waals surface area (Å²) in [4.78, 5) is 13.4. The van der Waals surface area contributed by atoms with Crippen LogP contribution in [0.1, 0.15) is 36.2 Å². The van der Waals surface area contributed by atoms with Crippen molar-refractivity contribution >= 4 is 5.97 Å². The molecule has 1 aromatic rings. The molecule has 1 aliphatic heterocycles. The Hall–Kier alpha value is -1.35. The van der Waals surface area contributed by atoms with E-state index in [1.165, 1.54) is 6.42 Å². The molecule has 1 N–H and O–H groups in total. The SMILES string of the molecule is CC1CC(C)CN(Cc2cccc(C(=O)O)c2)C1. The molecule has 0 amide bonds. The number of rotatable bonds is 3. The van der Waals surface area contributed by atoms with Gasteiger partial charge in [0.2, 0.25) is 0 Å². The lowest BCUT2D eigenvalue weighted by Gasteiger charge is -2.35. The number of carboxylic acids is 1. The van der Waals surface area contributed by atoms with Crippen molar-refractivity contribution in [3.63, 3.8) is 0 Å². The molecule has 1 saturated heterocycles. The van der Waals surface area contributed by atoms with E-state index in [0.29, 0.717) is 5.56 Å². The number of carbonyl (C=O) groups is 1. The van der Waals surface area contributed by atoms with E-state index in [0.717, 1.165) is 37.0 Å². The van der Waals surface area contributed by atoms with Crippen LogP contribution in [0.5, 0.6) is 0 Å². The average molecular weight is 247 g/mol. The van der Waals surface area contributed by atoms with E-state index in [1.807, 2.05) is 12.1 Å². The van der Waals surface area contributed by atoms with Gasteiger partial charge in [-0.1, -0.05) is 26.0 Å². The molecule has 1 heterocycles. The Morgan fingerprint density at radius 3 is 2.61 bits per heavy atom. The molecule has 2 atom stereocenters. The van der Waals surface area contributed by atoms with Gasteiger partial charge in [-0.2, -0.15) is 0 Å². The van der Waals surface area contributed by atoms with Crippen LogP contribution in [-0.2, 0) is 6.54 Å². The van der Waals surface area contributed by atoms with Crippen LogP contribution >= 0.6 is 0 Å². The first-order valence-corrected chi connectivity index (χ1v) is 6.59. The molecule has 0 spiro atoms. The van der Waals surface area contributed by atoms with E-state index in [2.05, 4.69) is 18.7 Å². The molecule has 3 heteroatoms. The number of piperidine rings is 1. The Labute approximate surface area is 108 Å². The van der Waals surface area contributed by atoms with Crippen LogP contribution in [-0.4, -0.2) is 29.1 Å². The highest BCUT2D eigenvalue weighted by atomic mass is 16.4. The predicted octanol–water partition coefficient (Wildman–Crippen LogP) is 2.86. The van der Waals surface area contributed by atoms with Crippen molar-refractivity contribution in [2.24, 2.45) is 11.8 Å². The summed E-state index contributed by atoms with van der Waals surface area (Å²) in [5.74, 6) is 0.616. The second kappa shape index (κ2) is 5.53. The maximum atomic E-state index is 10.9. The van der Waals surface area contributed by atoms with Crippen molar-refractivity contribution in [1.29, 1.82) is 0 Å². The Kier molecular flexibility index (Phi) is 4.02. The molecule has 0 aliphatic carbocycles. The predicted molar refractivity (Wildman–Crippen MR) is 71.6 cm³/mol. The fourth-order valence-electron chi connectivity index (χ4n) is 2.98. The number of nitrogens with zero attached hydrogens (tertiary/aromatic N) is 1. The fraction of sp³-hybridized carbons (Fsp3) is 0.533. The third-order valence-corrected chi connectivity index (χ3v) is 3.52. The zero-order valence-electron chi connectivity index (χ0n) is 11.1. The first-order valence-electron chi connectivity index (χ1n) is 6.59. The molecule has 1 aliphatic rings. The maximum absolute atomic E-state index is 10.9. The fourth-order valence-corrected chi connectivity index (χ4v) is 2.98. The molecule has 98 valence electrons. The lowest BCUT2D eigenvalue weighted by atomic mass is 9.91. The first-order chi connectivity index (χ1) is 8.54. The number of carboxylic acid groups (broad SMARTS) is 1. The summed E-state index contributed by atoms with van der Waals surface area (Å²) in [5, 5.41) is 8.99. The molecule has 1 fully saturated rings. The average Bonchev–Trinajstić information content (AvgIpc) is 2.27. The Bertz CT molecular complexity index is 420. The molecule has 0 saturated carbocycles. The van der Waals surface area contributed by atoms with Crippen molar-refractivity contribution in [1.82, 2.24) is 4.90 Å². The van der Waals surface area contributed by atoms with Crippen LogP contribution < -0.4 is 0 Å². The van der Waals surface area contributed by atoms with Crippen molar-refractivity contribution < 1.29 is 9.90 Å². The van der Waals surface area contributed by atoms with Crippen molar-refractivity contribution in [3.05, 3.63) is 35.4 Å². The smallest absolute Gasteiger partial charge is 0.335 e. The van der Waals surface area contributed by atoms with Gasteiger partial charge in [-0.25, -0.2) is 4.79 Å². The molecular weight excluding hydrogens is 226 g/mol. The molecule has 0 radical (unpaired) electrons. The molecule has 0 aromatic heterocycles. The van der Waals surface area contributed by atoms with Crippen LogP contribution in [0.15, 0.2) is 24.3 Å². The highest BCUT2D eigenvalue weighted by Gasteiger charge is 2.21.